The number of carboxylic acids is 1. The zero-order valence-corrected chi connectivity index (χ0v) is 11.7. The number of likely N-dealkylation sites (tertiary alicyclic amines) is 1. The molecule has 0 amide bonds. The highest BCUT2D eigenvalue weighted by Gasteiger charge is 2.25. The molecule has 0 saturated carbocycles. The molecule has 110 valence electrons. The highest BCUT2D eigenvalue weighted by molar-refractivity contribution is 5.66. The molecular weight excluding hydrogens is 254 g/mol. The molecule has 1 aliphatic rings. The van der Waals surface area contributed by atoms with Crippen molar-refractivity contribution >= 4 is 5.97 Å². The third-order valence-corrected chi connectivity index (χ3v) is 4.08. The first-order valence-electron chi connectivity index (χ1n) is 7.34. The Morgan fingerprint density at radius 3 is 2.50 bits per heavy atom. The number of hydrogen-bond acceptors (Lipinski definition) is 3. The van der Waals surface area contributed by atoms with Crippen molar-refractivity contribution in [2.75, 3.05) is 19.6 Å². The second-order valence-electron chi connectivity index (χ2n) is 5.53. The molecule has 0 radical (unpaired) electrons. The average molecular weight is 277 g/mol. The van der Waals surface area contributed by atoms with Crippen LogP contribution in [0.2, 0.25) is 0 Å². The molecule has 0 spiro atoms. The number of rotatable bonds is 6. The first-order valence-corrected chi connectivity index (χ1v) is 7.34. The first kappa shape index (κ1) is 15.0. The Morgan fingerprint density at radius 2 is 1.90 bits per heavy atom. The molecule has 2 rings (SSSR count). The van der Waals surface area contributed by atoms with Crippen LogP contribution in [0.25, 0.3) is 0 Å². The monoisotopic (exact) mass is 277 g/mol. The van der Waals surface area contributed by atoms with E-state index >= 15 is 0 Å². The number of benzene rings is 1. The van der Waals surface area contributed by atoms with E-state index in [0.29, 0.717) is 12.3 Å². The summed E-state index contributed by atoms with van der Waals surface area (Å²) in [5.41, 5.74) is 0.997. The number of nitrogens with zero attached hydrogens (tertiary/aromatic N) is 1. The Hall–Kier alpha value is -1.39. The molecule has 4 nitrogen and oxygen atoms in total. The van der Waals surface area contributed by atoms with Crippen molar-refractivity contribution in [3.05, 3.63) is 35.9 Å². The maximum atomic E-state index is 10.5. The highest BCUT2D eigenvalue weighted by Crippen LogP contribution is 2.30. The van der Waals surface area contributed by atoms with Gasteiger partial charge in [0, 0.05) is 6.42 Å². The maximum Gasteiger partial charge on any atom is 0.303 e. The molecule has 1 fully saturated rings. The molecule has 0 aliphatic carbocycles. The van der Waals surface area contributed by atoms with E-state index in [4.69, 9.17) is 5.11 Å². The summed E-state index contributed by atoms with van der Waals surface area (Å²) < 4.78 is 0. The molecule has 0 aromatic heterocycles. The van der Waals surface area contributed by atoms with Crippen LogP contribution in [0.15, 0.2) is 30.3 Å². The summed E-state index contributed by atoms with van der Waals surface area (Å²) in [6.45, 7) is 2.75. The lowest BCUT2D eigenvalue weighted by Gasteiger charge is -2.34. The van der Waals surface area contributed by atoms with Gasteiger partial charge in [-0.2, -0.15) is 0 Å². The Morgan fingerprint density at radius 1 is 1.25 bits per heavy atom. The van der Waals surface area contributed by atoms with Crippen molar-refractivity contribution in [2.45, 2.75) is 31.8 Å². The van der Waals surface area contributed by atoms with Gasteiger partial charge in [0.2, 0.25) is 0 Å². The van der Waals surface area contributed by atoms with Crippen molar-refractivity contribution < 1.29 is 15.0 Å². The van der Waals surface area contributed by atoms with Gasteiger partial charge in [0.15, 0.2) is 0 Å². The second kappa shape index (κ2) is 7.41. The van der Waals surface area contributed by atoms with E-state index in [-0.39, 0.29) is 12.5 Å². The number of carbonyl (C=O) groups is 1. The minimum absolute atomic E-state index is 0.243. The van der Waals surface area contributed by atoms with Crippen molar-refractivity contribution in [3.8, 4) is 0 Å². The van der Waals surface area contributed by atoms with Gasteiger partial charge in [-0.15, -0.1) is 0 Å². The van der Waals surface area contributed by atoms with Gasteiger partial charge in [-0.1, -0.05) is 30.3 Å². The minimum atomic E-state index is -0.723. The van der Waals surface area contributed by atoms with Crippen LogP contribution in [0.5, 0.6) is 0 Å². The van der Waals surface area contributed by atoms with Gasteiger partial charge in [-0.05, 0) is 50.4 Å². The number of piperidine rings is 1. The van der Waals surface area contributed by atoms with E-state index < -0.39 is 5.97 Å². The summed E-state index contributed by atoms with van der Waals surface area (Å²) in [6, 6.07) is 9.83. The maximum absolute atomic E-state index is 10.5. The minimum Gasteiger partial charge on any atom is -0.481 e. The van der Waals surface area contributed by atoms with Gasteiger partial charge >= 0.3 is 5.97 Å². The number of aliphatic carboxylic acids is 1. The van der Waals surface area contributed by atoms with Gasteiger partial charge in [0.25, 0.3) is 0 Å². The van der Waals surface area contributed by atoms with Gasteiger partial charge in [-0.25, -0.2) is 0 Å². The molecule has 1 aliphatic heterocycles. The third-order valence-electron chi connectivity index (χ3n) is 4.08. The van der Waals surface area contributed by atoms with E-state index in [1.54, 1.807) is 0 Å². The van der Waals surface area contributed by atoms with Crippen LogP contribution < -0.4 is 0 Å². The largest absolute Gasteiger partial charge is 0.481 e. The van der Waals surface area contributed by atoms with E-state index in [9.17, 15) is 9.90 Å². The summed E-state index contributed by atoms with van der Waals surface area (Å²) in [5, 5.41) is 19.0. The summed E-state index contributed by atoms with van der Waals surface area (Å²) in [7, 11) is 0. The summed E-state index contributed by atoms with van der Waals surface area (Å²) in [5.74, 6) is -0.410. The third kappa shape index (κ3) is 4.32. The van der Waals surface area contributed by atoms with Gasteiger partial charge in [0.1, 0.15) is 0 Å². The van der Waals surface area contributed by atoms with Crippen LogP contribution in [0.4, 0.5) is 0 Å². The number of hydrogen-bond donors (Lipinski definition) is 2. The highest BCUT2D eigenvalue weighted by atomic mass is 16.4. The van der Waals surface area contributed by atoms with Gasteiger partial charge < -0.3 is 15.1 Å². The molecule has 1 unspecified atom stereocenters. The van der Waals surface area contributed by atoms with E-state index in [1.807, 2.05) is 30.3 Å². The lowest BCUT2D eigenvalue weighted by molar-refractivity contribution is -0.137. The quantitative estimate of drug-likeness (QED) is 0.837. The average Bonchev–Trinajstić information content (AvgIpc) is 2.48. The predicted molar refractivity (Wildman–Crippen MR) is 77.4 cm³/mol. The van der Waals surface area contributed by atoms with Gasteiger partial charge in [-0.3, -0.25) is 4.79 Å². The molecule has 2 N–H and O–H groups in total. The van der Waals surface area contributed by atoms with Crippen LogP contribution in [-0.4, -0.2) is 40.7 Å². The Kier molecular flexibility index (Phi) is 5.56. The van der Waals surface area contributed by atoms with Crippen molar-refractivity contribution in [2.24, 2.45) is 5.92 Å². The SMILES string of the molecule is O=C(O)CCCN1CCC(C(O)c2ccccc2)CC1. The molecule has 0 bridgehead atoms. The molecule has 1 atom stereocenters. The van der Waals surface area contributed by atoms with Crippen molar-refractivity contribution in [1.82, 2.24) is 4.90 Å². The standard InChI is InChI=1S/C16H23NO3/c18-15(19)7-4-10-17-11-8-14(9-12-17)16(20)13-5-2-1-3-6-13/h1-3,5-6,14,16,20H,4,7-12H2,(H,18,19). The zero-order valence-electron chi connectivity index (χ0n) is 11.7. The second-order valence-corrected chi connectivity index (χ2v) is 5.53. The Balaban J connectivity index is 1.75. The summed E-state index contributed by atoms with van der Waals surface area (Å²) >= 11 is 0. The van der Waals surface area contributed by atoms with Gasteiger partial charge in [0.05, 0.1) is 6.10 Å². The zero-order chi connectivity index (χ0) is 14.4. The van der Waals surface area contributed by atoms with E-state index in [1.165, 1.54) is 0 Å². The van der Waals surface area contributed by atoms with Crippen molar-refractivity contribution in [3.63, 3.8) is 0 Å². The molecule has 1 saturated heterocycles. The van der Waals surface area contributed by atoms with Crippen LogP contribution in [-0.2, 0) is 4.79 Å². The lowest BCUT2D eigenvalue weighted by Crippen LogP contribution is -2.36. The van der Waals surface area contributed by atoms with Crippen molar-refractivity contribution in [1.29, 1.82) is 0 Å². The van der Waals surface area contributed by atoms with Crippen LogP contribution >= 0.6 is 0 Å². The Bertz CT molecular complexity index is 413. The molecule has 4 heteroatoms. The smallest absolute Gasteiger partial charge is 0.303 e. The fourth-order valence-electron chi connectivity index (χ4n) is 2.87. The van der Waals surface area contributed by atoms with Crippen LogP contribution in [0, 0.1) is 5.92 Å². The first-order chi connectivity index (χ1) is 9.66. The lowest BCUT2D eigenvalue weighted by atomic mass is 9.87. The fraction of sp³-hybridized carbons (Fsp3) is 0.562. The number of carboxylic acid groups (broad SMARTS) is 1. The predicted octanol–water partition coefficient (Wildman–Crippen LogP) is 2.30. The van der Waals surface area contributed by atoms with Crippen LogP contribution in [0.1, 0.15) is 37.4 Å². The summed E-state index contributed by atoms with van der Waals surface area (Å²) in [6.07, 6.45) is 2.53. The number of aliphatic hydroxyl groups is 1. The topological polar surface area (TPSA) is 60.8 Å². The molecule has 1 aromatic carbocycles. The normalized spacial score (nSPS) is 18.9. The van der Waals surface area contributed by atoms with E-state index in [2.05, 4.69) is 4.90 Å². The molecule has 1 aromatic rings. The summed E-state index contributed by atoms with van der Waals surface area (Å²) in [4.78, 5) is 12.8. The Labute approximate surface area is 120 Å². The number of aliphatic hydroxyl groups excluding tert-OH is 1. The van der Waals surface area contributed by atoms with E-state index in [0.717, 1.165) is 38.0 Å². The molecule has 1 heterocycles. The van der Waals surface area contributed by atoms with Crippen LogP contribution in [0.3, 0.4) is 0 Å². The molecule has 20 heavy (non-hydrogen) atoms. The fourth-order valence-corrected chi connectivity index (χ4v) is 2.87. The molecular formula is C16H23NO3.